The largest absolute Gasteiger partial charge is 0.449 e. The first kappa shape index (κ1) is 18.0. The Hall–Kier alpha value is -3.10. The summed E-state index contributed by atoms with van der Waals surface area (Å²) in [5.74, 6) is -1.48. The molecule has 0 saturated heterocycles. The average molecular weight is 322 g/mol. The smallest absolute Gasteiger partial charge is 0.338 e. The summed E-state index contributed by atoms with van der Waals surface area (Å²) >= 11 is 0. The highest BCUT2D eigenvalue weighted by Crippen LogP contribution is 2.11. The van der Waals surface area contributed by atoms with E-state index in [1.807, 2.05) is 5.32 Å². The van der Waals surface area contributed by atoms with Crippen molar-refractivity contribution in [3.63, 3.8) is 0 Å². The Kier molecular flexibility index (Phi) is 6.53. The molecule has 1 atom stereocenters. The van der Waals surface area contributed by atoms with E-state index in [-0.39, 0.29) is 5.56 Å². The second-order valence-corrected chi connectivity index (χ2v) is 4.46. The summed E-state index contributed by atoms with van der Waals surface area (Å²) in [5.41, 5.74) is 5.56. The minimum absolute atomic E-state index is 0.178. The number of ether oxygens (including phenoxy) is 1. The predicted octanol–water partition coefficient (Wildman–Crippen LogP) is 0.568. The number of imide groups is 1. The molecule has 0 radical (unpaired) electrons. The van der Waals surface area contributed by atoms with Crippen LogP contribution < -0.4 is 21.7 Å². The fourth-order valence-corrected chi connectivity index (χ4v) is 1.53. The van der Waals surface area contributed by atoms with Gasteiger partial charge in [-0.15, -0.1) is 0 Å². The minimum atomic E-state index is -1.14. The van der Waals surface area contributed by atoms with E-state index in [1.54, 1.807) is 6.92 Å². The maximum atomic E-state index is 11.9. The molecule has 0 aliphatic carbocycles. The summed E-state index contributed by atoms with van der Waals surface area (Å²) in [4.78, 5) is 45.4. The van der Waals surface area contributed by atoms with Gasteiger partial charge in [0.1, 0.15) is 0 Å². The normalized spacial score (nSPS) is 11.0. The first-order valence-electron chi connectivity index (χ1n) is 6.79. The van der Waals surface area contributed by atoms with Crippen molar-refractivity contribution in [3.05, 3.63) is 29.8 Å². The van der Waals surface area contributed by atoms with Crippen LogP contribution in [-0.4, -0.2) is 36.6 Å². The van der Waals surface area contributed by atoms with E-state index < -0.39 is 30.0 Å². The van der Waals surface area contributed by atoms with E-state index in [1.165, 1.54) is 31.2 Å². The quantitative estimate of drug-likeness (QED) is 0.587. The van der Waals surface area contributed by atoms with Gasteiger partial charge in [-0.3, -0.25) is 10.1 Å². The first-order chi connectivity index (χ1) is 10.8. The topological polar surface area (TPSA) is 140 Å². The van der Waals surface area contributed by atoms with Crippen LogP contribution in [0.5, 0.6) is 0 Å². The van der Waals surface area contributed by atoms with Crippen molar-refractivity contribution < 1.29 is 23.9 Å². The number of amides is 5. The van der Waals surface area contributed by atoms with Gasteiger partial charge in [-0.25, -0.2) is 14.4 Å². The number of primary amides is 1. The van der Waals surface area contributed by atoms with Crippen molar-refractivity contribution in [1.29, 1.82) is 0 Å². The van der Waals surface area contributed by atoms with Crippen LogP contribution in [0.25, 0.3) is 0 Å². The summed E-state index contributed by atoms with van der Waals surface area (Å²) in [5, 5.41) is 6.76. The van der Waals surface area contributed by atoms with E-state index in [4.69, 9.17) is 10.5 Å². The predicted molar refractivity (Wildman–Crippen MR) is 81.7 cm³/mol. The van der Waals surface area contributed by atoms with Crippen molar-refractivity contribution in [1.82, 2.24) is 10.6 Å². The Balaban J connectivity index is 2.59. The molecule has 1 rings (SSSR count). The summed E-state index contributed by atoms with van der Waals surface area (Å²) in [6.07, 6.45) is -1.14. The highest BCUT2D eigenvalue weighted by Gasteiger charge is 2.20. The van der Waals surface area contributed by atoms with Crippen molar-refractivity contribution in [2.45, 2.75) is 20.0 Å². The number of esters is 1. The third-order valence-electron chi connectivity index (χ3n) is 2.62. The zero-order valence-electron chi connectivity index (χ0n) is 12.7. The minimum Gasteiger partial charge on any atom is -0.449 e. The first-order valence-corrected chi connectivity index (χ1v) is 6.79. The van der Waals surface area contributed by atoms with Gasteiger partial charge in [-0.05, 0) is 38.1 Å². The highest BCUT2D eigenvalue weighted by molar-refractivity contribution is 5.98. The van der Waals surface area contributed by atoms with Crippen LogP contribution in [0.1, 0.15) is 24.2 Å². The number of nitrogens with one attached hydrogen (secondary N) is 3. The monoisotopic (exact) mass is 322 g/mol. The Morgan fingerprint density at radius 2 is 1.78 bits per heavy atom. The van der Waals surface area contributed by atoms with Crippen LogP contribution in [0.15, 0.2) is 24.3 Å². The summed E-state index contributed by atoms with van der Waals surface area (Å²) in [6, 6.07) is 4.34. The standard InChI is InChI=1S/C14H18N4O5/c1-3-16-14(22)18-11(19)8(2)23-12(20)9-4-6-10(7-5-9)17-13(15)21/h4-8H,3H2,1-2H3,(H3,15,17,21)(H2,16,18,19,22)/t8-/m0/s1. The maximum absolute atomic E-state index is 11.9. The molecule has 0 bridgehead atoms. The molecule has 9 heteroatoms. The van der Waals surface area contributed by atoms with E-state index >= 15 is 0 Å². The molecule has 9 nitrogen and oxygen atoms in total. The van der Waals surface area contributed by atoms with Gasteiger partial charge in [0.2, 0.25) is 0 Å². The maximum Gasteiger partial charge on any atom is 0.338 e. The molecule has 0 saturated carbocycles. The van der Waals surface area contributed by atoms with Crippen molar-refractivity contribution in [3.8, 4) is 0 Å². The van der Waals surface area contributed by atoms with Crippen LogP contribution in [0, 0.1) is 0 Å². The molecule has 124 valence electrons. The highest BCUT2D eigenvalue weighted by atomic mass is 16.5. The van der Waals surface area contributed by atoms with E-state index in [0.29, 0.717) is 12.2 Å². The van der Waals surface area contributed by atoms with Gasteiger partial charge >= 0.3 is 18.0 Å². The van der Waals surface area contributed by atoms with Gasteiger partial charge in [0.15, 0.2) is 6.10 Å². The lowest BCUT2D eigenvalue weighted by atomic mass is 10.2. The Bertz CT molecular complexity index is 600. The van der Waals surface area contributed by atoms with Crippen molar-refractivity contribution in [2.75, 3.05) is 11.9 Å². The number of nitrogens with two attached hydrogens (primary N) is 1. The SMILES string of the molecule is CCNC(=O)NC(=O)[C@H](C)OC(=O)c1ccc(NC(N)=O)cc1. The van der Waals surface area contributed by atoms with E-state index in [9.17, 15) is 19.2 Å². The van der Waals surface area contributed by atoms with Crippen molar-refractivity contribution in [2.24, 2.45) is 5.73 Å². The van der Waals surface area contributed by atoms with Crippen LogP contribution in [0.3, 0.4) is 0 Å². The third-order valence-corrected chi connectivity index (χ3v) is 2.62. The summed E-state index contributed by atoms with van der Waals surface area (Å²) in [7, 11) is 0. The zero-order valence-corrected chi connectivity index (χ0v) is 12.7. The number of rotatable bonds is 5. The molecule has 0 spiro atoms. The van der Waals surface area contributed by atoms with E-state index in [2.05, 4.69) is 10.6 Å². The lowest BCUT2D eigenvalue weighted by Crippen LogP contribution is -2.44. The zero-order chi connectivity index (χ0) is 17.4. The molecule has 0 heterocycles. The van der Waals surface area contributed by atoms with Gasteiger partial charge in [0, 0.05) is 12.2 Å². The second-order valence-electron chi connectivity index (χ2n) is 4.46. The number of hydrogen-bond acceptors (Lipinski definition) is 5. The molecule has 23 heavy (non-hydrogen) atoms. The van der Waals surface area contributed by atoms with Crippen LogP contribution in [0.2, 0.25) is 0 Å². The number of carbonyl (C=O) groups is 4. The molecule has 0 aliphatic rings. The van der Waals surface area contributed by atoms with Crippen LogP contribution in [-0.2, 0) is 9.53 Å². The Morgan fingerprint density at radius 3 is 2.30 bits per heavy atom. The molecule has 0 aliphatic heterocycles. The molecule has 5 amide bonds. The van der Waals surface area contributed by atoms with Gasteiger partial charge in [-0.2, -0.15) is 0 Å². The van der Waals surface area contributed by atoms with Crippen molar-refractivity contribution >= 4 is 29.6 Å². The molecule has 1 aromatic rings. The fourth-order valence-electron chi connectivity index (χ4n) is 1.53. The number of anilines is 1. The number of benzene rings is 1. The van der Waals surface area contributed by atoms with Crippen LogP contribution in [0.4, 0.5) is 15.3 Å². The molecular weight excluding hydrogens is 304 g/mol. The van der Waals surface area contributed by atoms with Crippen LogP contribution >= 0.6 is 0 Å². The fraction of sp³-hybridized carbons (Fsp3) is 0.286. The molecular formula is C14H18N4O5. The number of urea groups is 2. The molecule has 0 unspecified atom stereocenters. The Morgan fingerprint density at radius 1 is 1.17 bits per heavy atom. The molecule has 0 aromatic heterocycles. The lowest BCUT2D eigenvalue weighted by Gasteiger charge is -2.13. The van der Waals surface area contributed by atoms with Gasteiger partial charge in [0.05, 0.1) is 5.56 Å². The van der Waals surface area contributed by atoms with Gasteiger partial charge < -0.3 is 21.1 Å². The van der Waals surface area contributed by atoms with Gasteiger partial charge in [-0.1, -0.05) is 0 Å². The Labute approximate surface area is 132 Å². The second kappa shape index (κ2) is 8.37. The lowest BCUT2D eigenvalue weighted by molar-refractivity contribution is -0.127. The molecule has 1 aromatic carbocycles. The third kappa shape index (κ3) is 6.04. The number of hydrogen-bond donors (Lipinski definition) is 4. The average Bonchev–Trinajstić information content (AvgIpc) is 2.47. The number of carbonyl (C=O) groups excluding carboxylic acids is 4. The summed E-state index contributed by atoms with van der Waals surface area (Å²) in [6.45, 7) is 3.40. The summed E-state index contributed by atoms with van der Waals surface area (Å²) < 4.78 is 4.96. The molecule has 5 N–H and O–H groups in total. The van der Waals surface area contributed by atoms with Gasteiger partial charge in [0.25, 0.3) is 5.91 Å². The molecule has 0 fully saturated rings. The van der Waals surface area contributed by atoms with E-state index in [0.717, 1.165) is 0 Å².